The fourth-order valence-corrected chi connectivity index (χ4v) is 1.61. The van der Waals surface area contributed by atoms with Gasteiger partial charge < -0.3 is 4.74 Å². The number of sulfonamides is 1. The van der Waals surface area contributed by atoms with E-state index >= 15 is 0 Å². The molecule has 0 radical (unpaired) electrons. The van der Waals surface area contributed by atoms with Crippen molar-refractivity contribution in [1.82, 2.24) is 4.98 Å². The molecule has 0 aromatic carbocycles. The molecule has 0 spiro atoms. The van der Waals surface area contributed by atoms with Crippen molar-refractivity contribution in [3.8, 4) is 5.75 Å². The van der Waals surface area contributed by atoms with Crippen LogP contribution in [-0.4, -0.2) is 25.8 Å². The minimum atomic E-state index is -3.31. The summed E-state index contributed by atoms with van der Waals surface area (Å²) in [6.45, 7) is 0. The van der Waals surface area contributed by atoms with Crippen LogP contribution in [0.2, 0.25) is 0 Å². The number of aromatic nitrogens is 1. The van der Waals surface area contributed by atoms with Crippen molar-refractivity contribution in [2.24, 2.45) is 0 Å². The van der Waals surface area contributed by atoms with Gasteiger partial charge in [0.05, 0.1) is 12.4 Å². The lowest BCUT2D eigenvalue weighted by Crippen LogP contribution is -2.12. The van der Waals surface area contributed by atoms with Crippen molar-refractivity contribution in [2.45, 2.75) is 18.9 Å². The molecule has 5 nitrogen and oxygen atoms in total. The Balaban J connectivity index is 2.20. The smallest absolute Gasteiger partial charge is 0.231 e. The molecule has 0 bridgehead atoms. The quantitative estimate of drug-likeness (QED) is 0.834. The van der Waals surface area contributed by atoms with Gasteiger partial charge in [-0.3, -0.25) is 4.72 Å². The van der Waals surface area contributed by atoms with Crippen LogP contribution in [0.15, 0.2) is 18.3 Å². The molecular formula is C9H12N2O3S. The molecule has 2 rings (SSSR count). The van der Waals surface area contributed by atoms with E-state index in [0.29, 0.717) is 5.75 Å². The van der Waals surface area contributed by atoms with E-state index in [-0.39, 0.29) is 11.9 Å². The van der Waals surface area contributed by atoms with Crippen molar-refractivity contribution >= 4 is 15.8 Å². The minimum absolute atomic E-state index is 0.217. The van der Waals surface area contributed by atoms with Gasteiger partial charge in [-0.2, -0.15) is 0 Å². The molecule has 1 aliphatic carbocycles. The number of anilines is 1. The van der Waals surface area contributed by atoms with Gasteiger partial charge in [0.1, 0.15) is 0 Å². The molecular weight excluding hydrogens is 216 g/mol. The predicted octanol–water partition coefficient (Wildman–Crippen LogP) is 0.994. The second kappa shape index (κ2) is 3.69. The van der Waals surface area contributed by atoms with E-state index in [2.05, 4.69) is 9.71 Å². The monoisotopic (exact) mass is 228 g/mol. The number of hydrogen-bond acceptors (Lipinski definition) is 4. The standard InChI is InChI=1S/C9H12N2O3S/c1-15(12,13)11-9-8(3-2-6-10-9)14-7-4-5-7/h2-3,6-7H,4-5H2,1H3,(H,10,11). The summed E-state index contributed by atoms with van der Waals surface area (Å²) in [6, 6.07) is 3.42. The average Bonchev–Trinajstić information content (AvgIpc) is 2.89. The maximum atomic E-state index is 11.0. The Morgan fingerprint density at radius 1 is 1.53 bits per heavy atom. The molecule has 1 aromatic rings. The first-order chi connectivity index (χ1) is 7.04. The largest absolute Gasteiger partial charge is 0.487 e. The maximum Gasteiger partial charge on any atom is 0.231 e. The summed E-state index contributed by atoms with van der Waals surface area (Å²) in [5.41, 5.74) is 0. The van der Waals surface area contributed by atoms with Gasteiger partial charge in [-0.1, -0.05) is 0 Å². The summed E-state index contributed by atoms with van der Waals surface area (Å²) in [7, 11) is -3.31. The summed E-state index contributed by atoms with van der Waals surface area (Å²) in [5.74, 6) is 0.748. The lowest BCUT2D eigenvalue weighted by Gasteiger charge is -2.09. The summed E-state index contributed by atoms with van der Waals surface area (Å²) in [6.07, 6.45) is 4.87. The van der Waals surface area contributed by atoms with Gasteiger partial charge in [-0.05, 0) is 25.0 Å². The number of nitrogens with zero attached hydrogens (tertiary/aromatic N) is 1. The molecule has 1 fully saturated rings. The third-order valence-corrected chi connectivity index (χ3v) is 2.43. The fraction of sp³-hybridized carbons (Fsp3) is 0.444. The van der Waals surface area contributed by atoms with Crippen LogP contribution in [0.3, 0.4) is 0 Å². The van der Waals surface area contributed by atoms with Crippen LogP contribution in [-0.2, 0) is 10.0 Å². The lowest BCUT2D eigenvalue weighted by atomic mass is 10.4. The Morgan fingerprint density at radius 2 is 2.27 bits per heavy atom. The van der Waals surface area contributed by atoms with Gasteiger partial charge in [-0.25, -0.2) is 13.4 Å². The zero-order chi connectivity index (χ0) is 10.9. The second-order valence-corrected chi connectivity index (χ2v) is 5.29. The number of ether oxygens (including phenoxy) is 1. The summed E-state index contributed by atoms with van der Waals surface area (Å²) in [5, 5.41) is 0. The van der Waals surface area contributed by atoms with Gasteiger partial charge in [0.15, 0.2) is 11.6 Å². The molecule has 0 aliphatic heterocycles. The Labute approximate surface area is 88.5 Å². The molecule has 0 saturated heterocycles. The molecule has 1 heterocycles. The van der Waals surface area contributed by atoms with Crippen molar-refractivity contribution in [2.75, 3.05) is 11.0 Å². The summed E-state index contributed by atoms with van der Waals surface area (Å²) >= 11 is 0. The van der Waals surface area contributed by atoms with Crippen LogP contribution >= 0.6 is 0 Å². The molecule has 0 unspecified atom stereocenters. The number of nitrogens with one attached hydrogen (secondary N) is 1. The fourth-order valence-electron chi connectivity index (χ4n) is 1.10. The molecule has 1 aromatic heterocycles. The van der Waals surface area contributed by atoms with Gasteiger partial charge in [0.2, 0.25) is 10.0 Å². The van der Waals surface area contributed by atoms with Crippen LogP contribution in [0.25, 0.3) is 0 Å². The summed E-state index contributed by atoms with van der Waals surface area (Å²) < 4.78 is 29.9. The minimum Gasteiger partial charge on any atom is -0.487 e. The van der Waals surface area contributed by atoms with E-state index in [1.54, 1.807) is 12.1 Å². The SMILES string of the molecule is CS(=O)(=O)Nc1ncccc1OC1CC1. The van der Waals surface area contributed by atoms with E-state index < -0.39 is 10.0 Å². The van der Waals surface area contributed by atoms with Crippen LogP contribution in [0.5, 0.6) is 5.75 Å². The van der Waals surface area contributed by atoms with Gasteiger partial charge in [-0.15, -0.1) is 0 Å². The van der Waals surface area contributed by atoms with E-state index in [9.17, 15) is 8.42 Å². The van der Waals surface area contributed by atoms with Crippen LogP contribution in [0.4, 0.5) is 5.82 Å². The van der Waals surface area contributed by atoms with E-state index in [4.69, 9.17) is 4.74 Å². The van der Waals surface area contributed by atoms with E-state index in [0.717, 1.165) is 19.1 Å². The molecule has 0 atom stereocenters. The molecule has 15 heavy (non-hydrogen) atoms. The van der Waals surface area contributed by atoms with Gasteiger partial charge in [0, 0.05) is 6.20 Å². The van der Waals surface area contributed by atoms with E-state index in [1.807, 2.05) is 0 Å². The summed E-state index contributed by atoms with van der Waals surface area (Å²) in [4.78, 5) is 3.93. The van der Waals surface area contributed by atoms with Gasteiger partial charge >= 0.3 is 0 Å². The Bertz CT molecular complexity index is 454. The molecule has 1 N–H and O–H groups in total. The number of pyridine rings is 1. The third kappa shape index (κ3) is 3.09. The Kier molecular flexibility index (Phi) is 2.52. The molecule has 0 amide bonds. The highest BCUT2D eigenvalue weighted by Crippen LogP contribution is 2.30. The first kappa shape index (κ1) is 10.2. The number of rotatable bonds is 4. The zero-order valence-electron chi connectivity index (χ0n) is 8.30. The lowest BCUT2D eigenvalue weighted by molar-refractivity contribution is 0.304. The second-order valence-electron chi connectivity index (χ2n) is 3.54. The van der Waals surface area contributed by atoms with Crippen molar-refractivity contribution < 1.29 is 13.2 Å². The molecule has 6 heteroatoms. The van der Waals surface area contributed by atoms with Crippen molar-refractivity contribution in [1.29, 1.82) is 0 Å². The topological polar surface area (TPSA) is 68.3 Å². The van der Waals surface area contributed by atoms with Gasteiger partial charge in [0.25, 0.3) is 0 Å². The van der Waals surface area contributed by atoms with Crippen LogP contribution in [0, 0.1) is 0 Å². The zero-order valence-corrected chi connectivity index (χ0v) is 9.12. The molecule has 1 saturated carbocycles. The highest BCUT2D eigenvalue weighted by molar-refractivity contribution is 7.92. The normalized spacial score (nSPS) is 16.1. The molecule has 82 valence electrons. The first-order valence-electron chi connectivity index (χ1n) is 4.64. The van der Waals surface area contributed by atoms with Crippen molar-refractivity contribution in [3.05, 3.63) is 18.3 Å². The maximum absolute atomic E-state index is 11.0. The van der Waals surface area contributed by atoms with E-state index in [1.165, 1.54) is 6.20 Å². The van der Waals surface area contributed by atoms with Crippen LogP contribution in [0.1, 0.15) is 12.8 Å². The highest BCUT2D eigenvalue weighted by atomic mass is 32.2. The Morgan fingerprint density at radius 3 is 2.87 bits per heavy atom. The predicted molar refractivity (Wildman–Crippen MR) is 56.4 cm³/mol. The first-order valence-corrected chi connectivity index (χ1v) is 6.53. The van der Waals surface area contributed by atoms with Crippen LogP contribution < -0.4 is 9.46 Å². The third-order valence-electron chi connectivity index (χ3n) is 1.87. The highest BCUT2D eigenvalue weighted by Gasteiger charge is 2.25. The number of hydrogen-bond donors (Lipinski definition) is 1. The molecule has 1 aliphatic rings. The average molecular weight is 228 g/mol. The Hall–Kier alpha value is -1.30. The van der Waals surface area contributed by atoms with Crippen molar-refractivity contribution in [3.63, 3.8) is 0 Å².